The molecule has 0 aliphatic heterocycles. The maximum Gasteiger partial charge on any atom is 0.132 e. The smallest absolute Gasteiger partial charge is 0.132 e. The molecule has 0 aliphatic rings. The van der Waals surface area contributed by atoms with Crippen LogP contribution in [0.4, 0.5) is 4.39 Å². The Balaban J connectivity index is 2.51. The number of nitrogens with one attached hydrogen (secondary N) is 1. The quantitative estimate of drug-likeness (QED) is 0.885. The molecular formula is C15H20FN3. The highest BCUT2D eigenvalue weighted by Gasteiger charge is 2.28. The van der Waals surface area contributed by atoms with Crippen molar-refractivity contribution in [1.82, 2.24) is 9.97 Å². The van der Waals surface area contributed by atoms with Gasteiger partial charge in [-0.2, -0.15) is 0 Å². The summed E-state index contributed by atoms with van der Waals surface area (Å²) in [7, 11) is 0. The Morgan fingerprint density at radius 1 is 1.26 bits per heavy atom. The molecular weight excluding hydrogens is 241 g/mol. The second kappa shape index (κ2) is 5.13. The number of imidazole rings is 1. The van der Waals surface area contributed by atoms with Gasteiger partial charge in [-0.05, 0) is 31.9 Å². The molecule has 0 saturated carbocycles. The number of benzene rings is 1. The fourth-order valence-corrected chi connectivity index (χ4v) is 2.20. The van der Waals surface area contributed by atoms with Crippen LogP contribution in [0, 0.1) is 12.7 Å². The van der Waals surface area contributed by atoms with Gasteiger partial charge in [-0.3, -0.25) is 0 Å². The van der Waals surface area contributed by atoms with Crippen molar-refractivity contribution in [1.29, 1.82) is 0 Å². The Kier molecular flexibility index (Phi) is 3.71. The van der Waals surface area contributed by atoms with Crippen molar-refractivity contribution in [3.8, 4) is 11.3 Å². The van der Waals surface area contributed by atoms with Crippen molar-refractivity contribution in [2.75, 3.05) is 0 Å². The van der Waals surface area contributed by atoms with Gasteiger partial charge in [0.05, 0.1) is 11.2 Å². The minimum absolute atomic E-state index is 0.265. The highest BCUT2D eigenvalue weighted by molar-refractivity contribution is 5.62. The van der Waals surface area contributed by atoms with E-state index in [0.29, 0.717) is 11.3 Å². The molecule has 4 heteroatoms. The predicted molar refractivity (Wildman–Crippen MR) is 75.2 cm³/mol. The molecule has 3 N–H and O–H groups in total. The molecule has 0 unspecified atom stereocenters. The Morgan fingerprint density at radius 3 is 2.47 bits per heavy atom. The van der Waals surface area contributed by atoms with Gasteiger partial charge in [-0.15, -0.1) is 0 Å². The lowest BCUT2D eigenvalue weighted by Crippen LogP contribution is -2.36. The average molecular weight is 261 g/mol. The first-order chi connectivity index (χ1) is 9.01. The highest BCUT2D eigenvalue weighted by atomic mass is 19.1. The number of rotatable bonds is 4. The molecule has 0 spiro atoms. The second-order valence-electron chi connectivity index (χ2n) is 4.90. The molecule has 0 bridgehead atoms. The lowest BCUT2D eigenvalue weighted by Gasteiger charge is -2.23. The Labute approximate surface area is 113 Å². The van der Waals surface area contributed by atoms with E-state index >= 15 is 0 Å². The zero-order valence-electron chi connectivity index (χ0n) is 11.6. The van der Waals surface area contributed by atoms with E-state index < -0.39 is 5.54 Å². The molecule has 1 aromatic heterocycles. The van der Waals surface area contributed by atoms with Gasteiger partial charge in [0.15, 0.2) is 0 Å². The molecule has 0 saturated heterocycles. The van der Waals surface area contributed by atoms with E-state index in [1.807, 2.05) is 26.8 Å². The number of nitrogens with zero attached hydrogens (tertiary/aromatic N) is 1. The summed E-state index contributed by atoms with van der Waals surface area (Å²) in [5.74, 6) is 0.465. The first kappa shape index (κ1) is 13.7. The fourth-order valence-electron chi connectivity index (χ4n) is 2.20. The average Bonchev–Trinajstić information content (AvgIpc) is 2.81. The number of hydrogen-bond acceptors (Lipinski definition) is 2. The van der Waals surface area contributed by atoms with Gasteiger partial charge >= 0.3 is 0 Å². The Bertz CT molecular complexity index is 571. The molecule has 1 heterocycles. The largest absolute Gasteiger partial charge is 0.344 e. The number of H-pyrrole nitrogens is 1. The number of hydrogen-bond donors (Lipinski definition) is 2. The van der Waals surface area contributed by atoms with Gasteiger partial charge in [-0.25, -0.2) is 9.37 Å². The topological polar surface area (TPSA) is 54.7 Å². The van der Waals surface area contributed by atoms with E-state index in [9.17, 15) is 4.39 Å². The Morgan fingerprint density at radius 2 is 1.89 bits per heavy atom. The van der Waals surface area contributed by atoms with Gasteiger partial charge < -0.3 is 10.7 Å². The van der Waals surface area contributed by atoms with Crippen LogP contribution in [0.2, 0.25) is 0 Å². The van der Waals surface area contributed by atoms with E-state index in [1.165, 1.54) is 6.07 Å². The van der Waals surface area contributed by atoms with Crippen molar-refractivity contribution < 1.29 is 4.39 Å². The first-order valence-electron chi connectivity index (χ1n) is 6.62. The van der Waals surface area contributed by atoms with E-state index in [4.69, 9.17) is 5.73 Å². The van der Waals surface area contributed by atoms with Crippen LogP contribution in [0.25, 0.3) is 11.3 Å². The van der Waals surface area contributed by atoms with Gasteiger partial charge in [-0.1, -0.05) is 26.0 Å². The SMILES string of the molecule is CCC(N)(CC)c1nc(-c2ccccc2F)c(C)[nH]1. The van der Waals surface area contributed by atoms with E-state index in [1.54, 1.807) is 12.1 Å². The third-order valence-electron chi connectivity index (χ3n) is 3.75. The monoisotopic (exact) mass is 261 g/mol. The summed E-state index contributed by atoms with van der Waals surface area (Å²) in [5, 5.41) is 0. The molecule has 0 radical (unpaired) electrons. The summed E-state index contributed by atoms with van der Waals surface area (Å²) >= 11 is 0. The molecule has 2 rings (SSSR count). The van der Waals surface area contributed by atoms with Crippen molar-refractivity contribution >= 4 is 0 Å². The number of aryl methyl sites for hydroxylation is 1. The zero-order valence-corrected chi connectivity index (χ0v) is 11.6. The highest BCUT2D eigenvalue weighted by Crippen LogP contribution is 2.29. The van der Waals surface area contributed by atoms with Crippen molar-refractivity contribution in [2.24, 2.45) is 5.73 Å². The first-order valence-corrected chi connectivity index (χ1v) is 6.62. The van der Waals surface area contributed by atoms with Gasteiger partial charge in [0.2, 0.25) is 0 Å². The van der Waals surface area contributed by atoms with E-state index in [2.05, 4.69) is 9.97 Å². The minimum Gasteiger partial charge on any atom is -0.344 e. The van der Waals surface area contributed by atoms with Gasteiger partial charge in [0.1, 0.15) is 11.6 Å². The molecule has 0 aliphatic carbocycles. The number of halogens is 1. The lowest BCUT2D eigenvalue weighted by atomic mass is 9.93. The summed E-state index contributed by atoms with van der Waals surface area (Å²) < 4.78 is 13.8. The van der Waals surface area contributed by atoms with Crippen LogP contribution in [0.15, 0.2) is 24.3 Å². The summed E-state index contributed by atoms with van der Waals surface area (Å²) in [6, 6.07) is 6.66. The third kappa shape index (κ3) is 2.40. The van der Waals surface area contributed by atoms with Crippen molar-refractivity contribution in [3.05, 3.63) is 41.6 Å². The second-order valence-corrected chi connectivity index (χ2v) is 4.90. The minimum atomic E-state index is -0.478. The number of nitrogens with two attached hydrogens (primary N) is 1. The summed E-state index contributed by atoms with van der Waals surface area (Å²) in [5.41, 5.74) is 7.85. The predicted octanol–water partition coefficient (Wildman–Crippen LogP) is 3.50. The van der Waals surface area contributed by atoms with Crippen LogP contribution in [-0.2, 0) is 5.54 Å². The van der Waals surface area contributed by atoms with Crippen molar-refractivity contribution in [3.63, 3.8) is 0 Å². The summed E-state index contributed by atoms with van der Waals surface area (Å²) in [6.45, 7) is 5.96. The molecule has 0 amide bonds. The van der Waals surface area contributed by atoms with Crippen LogP contribution < -0.4 is 5.73 Å². The number of aromatic amines is 1. The molecule has 102 valence electrons. The molecule has 0 fully saturated rings. The maximum absolute atomic E-state index is 13.8. The fraction of sp³-hybridized carbons (Fsp3) is 0.400. The standard InChI is InChI=1S/C15H20FN3/c1-4-15(17,5-2)14-18-10(3)13(19-14)11-8-6-7-9-12(11)16/h6-9H,4-5,17H2,1-3H3,(H,18,19). The third-order valence-corrected chi connectivity index (χ3v) is 3.75. The summed E-state index contributed by atoms with van der Waals surface area (Å²) in [4.78, 5) is 7.74. The molecule has 0 atom stereocenters. The van der Waals surface area contributed by atoms with E-state index in [-0.39, 0.29) is 5.82 Å². The Hall–Kier alpha value is -1.68. The van der Waals surface area contributed by atoms with Crippen LogP contribution in [0.1, 0.15) is 38.2 Å². The maximum atomic E-state index is 13.8. The van der Waals surface area contributed by atoms with Crippen molar-refractivity contribution in [2.45, 2.75) is 39.2 Å². The molecule has 19 heavy (non-hydrogen) atoms. The van der Waals surface area contributed by atoms with Crippen LogP contribution >= 0.6 is 0 Å². The molecule has 3 nitrogen and oxygen atoms in total. The van der Waals surface area contributed by atoms with Crippen LogP contribution in [0.5, 0.6) is 0 Å². The molecule has 1 aromatic carbocycles. The van der Waals surface area contributed by atoms with E-state index in [0.717, 1.165) is 24.4 Å². The van der Waals surface area contributed by atoms with Crippen LogP contribution in [0.3, 0.4) is 0 Å². The number of aromatic nitrogens is 2. The lowest BCUT2D eigenvalue weighted by molar-refractivity contribution is 0.390. The van der Waals surface area contributed by atoms with Crippen LogP contribution in [-0.4, -0.2) is 9.97 Å². The normalized spacial score (nSPS) is 11.8. The van der Waals surface area contributed by atoms with Gasteiger partial charge in [0, 0.05) is 11.3 Å². The summed E-state index contributed by atoms with van der Waals surface area (Å²) in [6.07, 6.45) is 1.57. The zero-order chi connectivity index (χ0) is 14.0. The van der Waals surface area contributed by atoms with Gasteiger partial charge in [0.25, 0.3) is 0 Å². The molecule has 2 aromatic rings.